The van der Waals surface area contributed by atoms with Crippen molar-refractivity contribution < 1.29 is 9.53 Å². The third kappa shape index (κ3) is 4.46. The fraction of sp³-hybridized carbons (Fsp3) is 0.933. The molecule has 1 rings (SSSR count). The molecule has 0 aromatic heterocycles. The quantitative estimate of drug-likeness (QED) is 0.719. The van der Waals surface area contributed by atoms with Gasteiger partial charge in [-0.1, -0.05) is 20.3 Å². The molecule has 4 nitrogen and oxygen atoms in total. The number of carbonyl (C=O) groups excluding carboxylic acids is 1. The number of hydrogen-bond donors (Lipinski definition) is 1. The molecule has 1 fully saturated rings. The second-order valence-corrected chi connectivity index (χ2v) is 6.40. The van der Waals surface area contributed by atoms with Crippen LogP contribution in [0.4, 0.5) is 0 Å². The molecule has 1 aliphatic rings. The van der Waals surface area contributed by atoms with E-state index < -0.39 is 5.54 Å². The van der Waals surface area contributed by atoms with Gasteiger partial charge in [-0.15, -0.1) is 0 Å². The van der Waals surface area contributed by atoms with Gasteiger partial charge in [0, 0.05) is 0 Å². The molecular weight excluding hydrogens is 240 g/mol. The molecule has 0 aromatic rings. The number of ether oxygens (including phenoxy) is 1. The van der Waals surface area contributed by atoms with Crippen molar-refractivity contribution in [1.29, 1.82) is 0 Å². The maximum atomic E-state index is 11.8. The van der Waals surface area contributed by atoms with Crippen molar-refractivity contribution in [1.82, 2.24) is 4.90 Å². The molecule has 0 aliphatic heterocycles. The predicted molar refractivity (Wildman–Crippen MR) is 77.8 cm³/mol. The molecule has 2 unspecified atom stereocenters. The molecule has 19 heavy (non-hydrogen) atoms. The van der Waals surface area contributed by atoms with Crippen LogP contribution in [0, 0.1) is 11.8 Å². The first-order valence-electron chi connectivity index (χ1n) is 7.46. The number of nitrogens with two attached hydrogens (primary N) is 1. The van der Waals surface area contributed by atoms with Gasteiger partial charge >= 0.3 is 5.97 Å². The molecule has 2 N–H and O–H groups in total. The summed E-state index contributed by atoms with van der Waals surface area (Å²) in [5.74, 6) is 0.763. The molecular formula is C15H30N2O2. The first-order valence-corrected chi connectivity index (χ1v) is 7.46. The molecule has 0 spiro atoms. The van der Waals surface area contributed by atoms with Crippen molar-refractivity contribution in [3.05, 3.63) is 0 Å². The van der Waals surface area contributed by atoms with E-state index in [1.54, 1.807) is 0 Å². The zero-order valence-corrected chi connectivity index (χ0v) is 12.9. The van der Waals surface area contributed by atoms with Gasteiger partial charge in [0.2, 0.25) is 0 Å². The van der Waals surface area contributed by atoms with Gasteiger partial charge in [0.1, 0.15) is 5.54 Å². The highest BCUT2D eigenvalue weighted by Gasteiger charge is 2.46. The summed E-state index contributed by atoms with van der Waals surface area (Å²) < 4.78 is 4.88. The van der Waals surface area contributed by atoms with E-state index in [1.807, 2.05) is 0 Å². The van der Waals surface area contributed by atoms with Crippen molar-refractivity contribution in [3.63, 3.8) is 0 Å². The average molecular weight is 270 g/mol. The minimum Gasteiger partial charge on any atom is -0.468 e. The van der Waals surface area contributed by atoms with Crippen LogP contribution in [0.3, 0.4) is 0 Å². The Morgan fingerprint density at radius 3 is 2.74 bits per heavy atom. The molecule has 0 heterocycles. The Labute approximate surface area is 117 Å². The summed E-state index contributed by atoms with van der Waals surface area (Å²) in [6.07, 6.45) is 5.04. The van der Waals surface area contributed by atoms with Crippen LogP contribution in [0.15, 0.2) is 0 Å². The molecule has 2 atom stereocenters. The van der Waals surface area contributed by atoms with Crippen LogP contribution in [0.25, 0.3) is 0 Å². The molecule has 0 amide bonds. The summed E-state index contributed by atoms with van der Waals surface area (Å²) in [5, 5.41) is 0. The Kier molecular flexibility index (Phi) is 6.27. The Hall–Kier alpha value is -0.610. The zero-order valence-electron chi connectivity index (χ0n) is 12.9. The smallest absolute Gasteiger partial charge is 0.326 e. The molecule has 0 saturated heterocycles. The summed E-state index contributed by atoms with van der Waals surface area (Å²) in [4.78, 5) is 14.2. The van der Waals surface area contributed by atoms with Crippen LogP contribution in [0.2, 0.25) is 0 Å². The van der Waals surface area contributed by atoms with E-state index in [0.29, 0.717) is 0 Å². The fourth-order valence-corrected chi connectivity index (χ4v) is 2.93. The summed E-state index contributed by atoms with van der Waals surface area (Å²) in [7, 11) is 3.58. The predicted octanol–water partition coefficient (Wildman–Crippen LogP) is 2.02. The van der Waals surface area contributed by atoms with Crippen LogP contribution in [0.1, 0.15) is 46.0 Å². The summed E-state index contributed by atoms with van der Waals surface area (Å²) in [6, 6.07) is 0. The van der Waals surface area contributed by atoms with Gasteiger partial charge in [0.25, 0.3) is 0 Å². The summed E-state index contributed by atoms with van der Waals surface area (Å²) >= 11 is 0. The van der Waals surface area contributed by atoms with Crippen molar-refractivity contribution >= 4 is 5.97 Å². The number of hydrogen-bond acceptors (Lipinski definition) is 4. The Morgan fingerprint density at radius 2 is 2.16 bits per heavy atom. The van der Waals surface area contributed by atoms with Gasteiger partial charge < -0.3 is 15.4 Å². The normalized spacial score (nSPS) is 27.2. The van der Waals surface area contributed by atoms with Crippen LogP contribution in [-0.2, 0) is 9.53 Å². The molecule has 112 valence electrons. The summed E-state index contributed by atoms with van der Waals surface area (Å²) in [6.45, 7) is 6.60. The van der Waals surface area contributed by atoms with Gasteiger partial charge in [-0.25, -0.2) is 0 Å². The number of methoxy groups -OCH3 is 1. The average Bonchev–Trinajstić information content (AvgIpc) is 2.75. The molecule has 1 saturated carbocycles. The molecule has 0 radical (unpaired) electrons. The van der Waals surface area contributed by atoms with Crippen LogP contribution in [-0.4, -0.2) is 43.7 Å². The second kappa shape index (κ2) is 7.25. The lowest BCUT2D eigenvalue weighted by atomic mass is 9.85. The minimum absolute atomic E-state index is 0.236. The van der Waals surface area contributed by atoms with Crippen LogP contribution < -0.4 is 5.73 Å². The van der Waals surface area contributed by atoms with E-state index in [0.717, 1.165) is 44.7 Å². The SMILES string of the molecule is COC(=O)C1(N)CCCC1CCN(C)CCC(C)C. The van der Waals surface area contributed by atoms with Gasteiger partial charge in [0.15, 0.2) is 0 Å². The number of nitrogens with zero attached hydrogens (tertiary/aromatic N) is 1. The van der Waals surface area contributed by atoms with Crippen molar-refractivity contribution in [2.75, 3.05) is 27.2 Å². The number of rotatable bonds is 7. The lowest BCUT2D eigenvalue weighted by molar-refractivity contribution is -0.148. The van der Waals surface area contributed by atoms with Crippen LogP contribution >= 0.6 is 0 Å². The first-order chi connectivity index (χ1) is 8.90. The Morgan fingerprint density at radius 1 is 1.47 bits per heavy atom. The van der Waals surface area contributed by atoms with E-state index in [2.05, 4.69) is 25.8 Å². The Balaban J connectivity index is 2.41. The molecule has 0 aromatic carbocycles. The van der Waals surface area contributed by atoms with Crippen LogP contribution in [0.5, 0.6) is 0 Å². The highest BCUT2D eigenvalue weighted by Crippen LogP contribution is 2.36. The van der Waals surface area contributed by atoms with E-state index in [-0.39, 0.29) is 11.9 Å². The third-order valence-corrected chi connectivity index (χ3v) is 4.38. The minimum atomic E-state index is -0.742. The van der Waals surface area contributed by atoms with Gasteiger partial charge in [-0.05, 0) is 57.7 Å². The third-order valence-electron chi connectivity index (χ3n) is 4.38. The highest BCUT2D eigenvalue weighted by atomic mass is 16.5. The largest absolute Gasteiger partial charge is 0.468 e. The van der Waals surface area contributed by atoms with Crippen molar-refractivity contribution in [2.45, 2.75) is 51.5 Å². The maximum Gasteiger partial charge on any atom is 0.326 e. The summed E-state index contributed by atoms with van der Waals surface area (Å²) in [5.41, 5.74) is 5.53. The fourth-order valence-electron chi connectivity index (χ4n) is 2.93. The second-order valence-electron chi connectivity index (χ2n) is 6.40. The standard InChI is InChI=1S/C15H30N2O2/c1-12(2)7-10-17(3)11-8-13-6-5-9-15(13,16)14(18)19-4/h12-13H,5-11,16H2,1-4H3. The van der Waals surface area contributed by atoms with Gasteiger partial charge in [-0.2, -0.15) is 0 Å². The Bertz CT molecular complexity index is 294. The number of carbonyl (C=O) groups is 1. The van der Waals surface area contributed by atoms with Crippen molar-refractivity contribution in [2.24, 2.45) is 17.6 Å². The van der Waals surface area contributed by atoms with Gasteiger partial charge in [0.05, 0.1) is 7.11 Å². The maximum absolute atomic E-state index is 11.8. The topological polar surface area (TPSA) is 55.6 Å². The molecule has 1 aliphatic carbocycles. The molecule has 4 heteroatoms. The lowest BCUT2D eigenvalue weighted by Crippen LogP contribution is -2.52. The first kappa shape index (κ1) is 16.4. The number of esters is 1. The highest BCUT2D eigenvalue weighted by molar-refractivity contribution is 5.81. The molecule has 0 bridgehead atoms. The lowest BCUT2D eigenvalue weighted by Gasteiger charge is -2.30. The zero-order chi connectivity index (χ0) is 14.5. The van der Waals surface area contributed by atoms with Crippen molar-refractivity contribution in [3.8, 4) is 0 Å². The monoisotopic (exact) mass is 270 g/mol. The van der Waals surface area contributed by atoms with E-state index in [9.17, 15) is 4.79 Å². The van der Waals surface area contributed by atoms with E-state index in [1.165, 1.54) is 13.5 Å². The van der Waals surface area contributed by atoms with E-state index in [4.69, 9.17) is 10.5 Å². The van der Waals surface area contributed by atoms with E-state index >= 15 is 0 Å². The van der Waals surface area contributed by atoms with Gasteiger partial charge in [-0.3, -0.25) is 4.79 Å².